The van der Waals surface area contributed by atoms with Gasteiger partial charge in [-0.3, -0.25) is 9.35 Å². The largest absolute Gasteiger partial charge is 1.00 e. The van der Waals surface area contributed by atoms with Crippen molar-refractivity contribution in [3.05, 3.63) is 30.9 Å². The van der Waals surface area contributed by atoms with Crippen LogP contribution < -0.4 is 34.6 Å². The van der Waals surface area contributed by atoms with Crippen LogP contribution >= 0.6 is 0 Å². The molecular formula is C12H13N2NaO7S2. The molecule has 9 nitrogen and oxygen atoms in total. The predicted molar refractivity (Wildman–Crippen MR) is 80.6 cm³/mol. The van der Waals surface area contributed by atoms with E-state index in [1.807, 2.05) is 0 Å². The van der Waals surface area contributed by atoms with Gasteiger partial charge in [0.15, 0.2) is 9.84 Å². The Balaban J connectivity index is 0.00000288. The first kappa shape index (κ1) is 21.2. The maximum absolute atomic E-state index is 12.0. The minimum absolute atomic E-state index is 0. The number of amides is 1. The smallest absolute Gasteiger partial charge is 0.424 e. The molecular weight excluding hydrogens is 371 g/mol. The molecule has 1 amide bonds. The van der Waals surface area contributed by atoms with Crippen molar-refractivity contribution in [2.24, 2.45) is 5.10 Å². The van der Waals surface area contributed by atoms with E-state index in [4.69, 9.17) is 4.55 Å². The van der Waals surface area contributed by atoms with Crippen molar-refractivity contribution in [3.63, 3.8) is 0 Å². The van der Waals surface area contributed by atoms with E-state index in [2.05, 4.69) is 9.28 Å². The number of carbonyl (C=O) groups excluding carboxylic acids is 1. The molecule has 24 heavy (non-hydrogen) atoms. The summed E-state index contributed by atoms with van der Waals surface area (Å²) in [7, 11) is -8.58. The fraction of sp³-hybridized carbons (Fsp3) is 0.250. The van der Waals surface area contributed by atoms with E-state index in [1.54, 1.807) is 6.92 Å². The van der Waals surface area contributed by atoms with Crippen LogP contribution in [-0.2, 0) is 29.2 Å². The van der Waals surface area contributed by atoms with Gasteiger partial charge < -0.3 is 4.18 Å². The molecule has 0 aromatic heterocycles. The van der Waals surface area contributed by atoms with Gasteiger partial charge in [0, 0.05) is 5.71 Å². The van der Waals surface area contributed by atoms with Crippen molar-refractivity contribution in [1.82, 2.24) is 0 Å². The number of anilines is 1. The van der Waals surface area contributed by atoms with E-state index >= 15 is 0 Å². The van der Waals surface area contributed by atoms with E-state index in [9.17, 15) is 21.6 Å². The minimum Gasteiger partial charge on any atom is -0.424 e. The SMILES string of the molecule is CC1=NN(c2ccc(S(=O)(=O)C[CH-]OS(=O)(=O)O)cc2)C(=O)C1.[Na+]. The number of carbonyl (C=O) groups is 1. The zero-order valence-electron chi connectivity index (χ0n) is 12.9. The molecule has 12 heteroatoms. The second-order valence-electron chi connectivity index (χ2n) is 4.68. The van der Waals surface area contributed by atoms with Gasteiger partial charge in [-0.2, -0.15) is 20.1 Å². The average Bonchev–Trinajstić information content (AvgIpc) is 2.76. The van der Waals surface area contributed by atoms with E-state index in [1.165, 1.54) is 29.3 Å². The maximum atomic E-state index is 12.0. The Morgan fingerprint density at radius 2 is 1.83 bits per heavy atom. The van der Waals surface area contributed by atoms with Crippen LogP contribution in [0.25, 0.3) is 0 Å². The molecule has 0 aliphatic carbocycles. The molecule has 0 radical (unpaired) electrons. The van der Waals surface area contributed by atoms with Gasteiger partial charge in [-0.25, -0.2) is 13.4 Å². The molecule has 2 rings (SSSR count). The van der Waals surface area contributed by atoms with Gasteiger partial charge in [0.25, 0.3) is 5.91 Å². The van der Waals surface area contributed by atoms with Crippen LogP contribution in [0.4, 0.5) is 5.69 Å². The second kappa shape index (κ2) is 8.04. The molecule has 0 spiro atoms. The van der Waals surface area contributed by atoms with E-state index in [0.717, 1.165) is 0 Å². The summed E-state index contributed by atoms with van der Waals surface area (Å²) in [5.41, 5.74) is 1.08. The van der Waals surface area contributed by atoms with Crippen molar-refractivity contribution in [2.45, 2.75) is 18.2 Å². The summed E-state index contributed by atoms with van der Waals surface area (Å²) in [5, 5.41) is 5.22. The van der Waals surface area contributed by atoms with Crippen LogP contribution in [0.1, 0.15) is 13.3 Å². The van der Waals surface area contributed by atoms with Crippen molar-refractivity contribution >= 4 is 37.5 Å². The van der Waals surface area contributed by atoms with Gasteiger partial charge in [0.1, 0.15) is 0 Å². The molecule has 0 bridgehead atoms. The summed E-state index contributed by atoms with van der Waals surface area (Å²) >= 11 is 0. The predicted octanol–water partition coefficient (Wildman–Crippen LogP) is -2.44. The molecule has 0 unspecified atom stereocenters. The number of hydrazone groups is 1. The first-order valence-corrected chi connectivity index (χ1v) is 9.27. The summed E-state index contributed by atoms with van der Waals surface area (Å²) in [4.78, 5) is 11.6. The number of benzene rings is 1. The summed E-state index contributed by atoms with van der Waals surface area (Å²) in [5.74, 6) is -0.959. The van der Waals surface area contributed by atoms with E-state index in [0.29, 0.717) is 18.0 Å². The molecule has 126 valence electrons. The van der Waals surface area contributed by atoms with Crippen LogP contribution in [-0.4, -0.2) is 38.8 Å². The third-order valence-corrected chi connectivity index (χ3v) is 4.78. The Kier molecular flexibility index (Phi) is 7.11. The maximum Gasteiger partial charge on any atom is 1.00 e. The standard InChI is InChI=1S/C12H13N2O7S2.Na/c1-9-8-12(15)14(13-9)10-2-4-11(5-3-10)22(16,17)7-6-21-23(18,19)20;/h2-6H,7-8H2,1H3,(H,18,19,20);/q-1;+1. The number of hydrogen-bond donors (Lipinski definition) is 1. The summed E-state index contributed by atoms with van der Waals surface area (Å²) in [6, 6.07) is 5.36. The molecule has 1 aliphatic rings. The summed E-state index contributed by atoms with van der Waals surface area (Å²) in [6.07, 6.45) is 0.210. The average molecular weight is 384 g/mol. The fourth-order valence-corrected chi connectivity index (χ4v) is 3.17. The van der Waals surface area contributed by atoms with Crippen LogP contribution in [0.2, 0.25) is 0 Å². The zero-order chi connectivity index (χ0) is 17.3. The van der Waals surface area contributed by atoms with Gasteiger partial charge >= 0.3 is 40.0 Å². The van der Waals surface area contributed by atoms with Crippen LogP contribution in [0.15, 0.2) is 34.3 Å². The van der Waals surface area contributed by atoms with Crippen molar-refractivity contribution in [1.29, 1.82) is 0 Å². The minimum atomic E-state index is -4.74. The van der Waals surface area contributed by atoms with E-state index in [-0.39, 0.29) is 46.8 Å². The van der Waals surface area contributed by atoms with Crippen molar-refractivity contribution in [3.8, 4) is 0 Å². The third kappa shape index (κ3) is 5.62. The monoisotopic (exact) mass is 384 g/mol. The summed E-state index contributed by atoms with van der Waals surface area (Å²) < 4.78 is 56.9. The quantitative estimate of drug-likeness (QED) is 0.327. The van der Waals surface area contributed by atoms with Crippen LogP contribution in [0.3, 0.4) is 0 Å². The molecule has 1 N–H and O–H groups in total. The summed E-state index contributed by atoms with van der Waals surface area (Å²) in [6.45, 7) is 2.18. The fourth-order valence-electron chi connectivity index (χ4n) is 1.85. The molecule has 0 fully saturated rings. The first-order chi connectivity index (χ1) is 10.6. The normalized spacial score (nSPS) is 15.2. The van der Waals surface area contributed by atoms with Crippen molar-refractivity contribution < 1.29 is 59.9 Å². The first-order valence-electron chi connectivity index (χ1n) is 6.26. The van der Waals surface area contributed by atoms with Gasteiger partial charge in [0.05, 0.1) is 17.0 Å². The number of rotatable bonds is 6. The Bertz CT molecular complexity index is 848. The second-order valence-corrected chi connectivity index (χ2v) is 7.77. The number of sulfone groups is 1. The zero-order valence-corrected chi connectivity index (χ0v) is 16.5. The third-order valence-electron chi connectivity index (χ3n) is 2.83. The molecule has 0 saturated heterocycles. The van der Waals surface area contributed by atoms with Crippen LogP contribution in [0, 0.1) is 6.61 Å². The van der Waals surface area contributed by atoms with Gasteiger partial charge in [0.2, 0.25) is 0 Å². The molecule has 1 aliphatic heterocycles. The van der Waals surface area contributed by atoms with Gasteiger partial charge in [-0.05, 0) is 36.9 Å². The molecule has 0 atom stereocenters. The van der Waals surface area contributed by atoms with Gasteiger partial charge in [-0.15, -0.1) is 0 Å². The molecule has 1 heterocycles. The Morgan fingerprint density at radius 1 is 1.25 bits per heavy atom. The van der Waals surface area contributed by atoms with E-state index < -0.39 is 26.0 Å². The molecule has 1 aromatic rings. The Morgan fingerprint density at radius 3 is 2.29 bits per heavy atom. The Labute approximate surface area is 161 Å². The number of nitrogens with zero attached hydrogens (tertiary/aromatic N) is 2. The molecule has 0 saturated carbocycles. The van der Waals surface area contributed by atoms with Gasteiger partial charge in [-0.1, -0.05) is 0 Å². The van der Waals surface area contributed by atoms with Crippen molar-refractivity contribution in [2.75, 3.05) is 10.8 Å². The molecule has 1 aromatic carbocycles. The topological polar surface area (TPSA) is 130 Å². The van der Waals surface area contributed by atoms with Crippen LogP contribution in [0.5, 0.6) is 0 Å². The number of hydrogen-bond acceptors (Lipinski definition) is 7. The Hall–Kier alpha value is -0.820.